The first-order chi connectivity index (χ1) is 10.1. The first-order valence-corrected chi connectivity index (χ1v) is 7.37. The third-order valence-corrected chi connectivity index (χ3v) is 3.77. The number of nitrogens with two attached hydrogens (primary N) is 1. The van der Waals surface area contributed by atoms with Crippen LogP contribution in [0.4, 0.5) is 5.69 Å². The van der Waals surface area contributed by atoms with Crippen LogP contribution in [-0.4, -0.2) is 12.5 Å². The minimum absolute atomic E-state index is 0.000506. The van der Waals surface area contributed by atoms with Gasteiger partial charge in [0, 0.05) is 16.3 Å². The molecule has 3 N–H and O–H groups in total. The van der Waals surface area contributed by atoms with Crippen LogP contribution in [-0.2, 0) is 11.3 Å². The Labute approximate surface area is 130 Å². The maximum atomic E-state index is 12.0. The van der Waals surface area contributed by atoms with Crippen molar-refractivity contribution in [1.29, 1.82) is 0 Å². The highest BCUT2D eigenvalue weighted by atomic mass is 35.5. The standard InChI is InChI=1S/C17H19ClN2O/c1-12-6-5-7-13(2)17(12)20-16(21)11-19-10-14-8-3-4-9-15(14)18/h3-9,19H,10-11H2,1-2H3,(H,20,21)/p+1. The summed E-state index contributed by atoms with van der Waals surface area (Å²) in [6.07, 6.45) is 0. The van der Waals surface area contributed by atoms with Gasteiger partial charge in [-0.2, -0.15) is 0 Å². The molecule has 0 spiro atoms. The zero-order valence-electron chi connectivity index (χ0n) is 12.3. The highest BCUT2D eigenvalue weighted by Crippen LogP contribution is 2.18. The van der Waals surface area contributed by atoms with E-state index in [1.165, 1.54) is 0 Å². The molecule has 0 radical (unpaired) electrons. The van der Waals surface area contributed by atoms with Gasteiger partial charge in [-0.1, -0.05) is 48.0 Å². The second kappa shape index (κ2) is 7.25. The van der Waals surface area contributed by atoms with Crippen LogP contribution in [0.25, 0.3) is 0 Å². The van der Waals surface area contributed by atoms with Crippen molar-refractivity contribution >= 4 is 23.2 Å². The van der Waals surface area contributed by atoms with E-state index in [4.69, 9.17) is 11.6 Å². The first kappa shape index (κ1) is 15.5. The molecule has 3 nitrogen and oxygen atoms in total. The Morgan fingerprint density at radius 2 is 1.76 bits per heavy atom. The van der Waals surface area contributed by atoms with Gasteiger partial charge in [-0.3, -0.25) is 4.79 Å². The van der Waals surface area contributed by atoms with Gasteiger partial charge in [0.15, 0.2) is 6.54 Å². The summed E-state index contributed by atoms with van der Waals surface area (Å²) in [5.41, 5.74) is 4.11. The zero-order valence-corrected chi connectivity index (χ0v) is 13.1. The predicted octanol–water partition coefficient (Wildman–Crippen LogP) is 2.66. The van der Waals surface area contributed by atoms with Gasteiger partial charge in [-0.05, 0) is 31.0 Å². The lowest BCUT2D eigenvalue weighted by Crippen LogP contribution is -2.84. The molecular formula is C17H20ClN2O+. The highest BCUT2D eigenvalue weighted by molar-refractivity contribution is 6.31. The molecule has 0 fully saturated rings. The van der Waals surface area contributed by atoms with Crippen molar-refractivity contribution in [1.82, 2.24) is 0 Å². The lowest BCUT2D eigenvalue weighted by Gasteiger charge is -2.11. The molecule has 0 unspecified atom stereocenters. The van der Waals surface area contributed by atoms with Crippen molar-refractivity contribution in [3.63, 3.8) is 0 Å². The minimum Gasteiger partial charge on any atom is -0.335 e. The summed E-state index contributed by atoms with van der Waals surface area (Å²) in [6.45, 7) is 5.06. The van der Waals surface area contributed by atoms with E-state index in [9.17, 15) is 4.79 Å². The molecule has 0 aliphatic heterocycles. The van der Waals surface area contributed by atoms with Gasteiger partial charge in [0.05, 0.1) is 0 Å². The molecule has 0 bridgehead atoms. The predicted molar refractivity (Wildman–Crippen MR) is 86.5 cm³/mol. The number of nitrogens with one attached hydrogen (secondary N) is 1. The van der Waals surface area contributed by atoms with Crippen molar-refractivity contribution in [2.75, 3.05) is 11.9 Å². The number of anilines is 1. The highest BCUT2D eigenvalue weighted by Gasteiger charge is 2.09. The van der Waals surface area contributed by atoms with Crippen LogP contribution in [0.5, 0.6) is 0 Å². The summed E-state index contributed by atoms with van der Waals surface area (Å²) in [4.78, 5) is 12.0. The largest absolute Gasteiger partial charge is 0.335 e. The van der Waals surface area contributed by atoms with E-state index in [1.807, 2.05) is 61.6 Å². The van der Waals surface area contributed by atoms with E-state index in [0.29, 0.717) is 13.1 Å². The average molecular weight is 304 g/mol. The molecule has 0 heterocycles. The summed E-state index contributed by atoms with van der Waals surface area (Å²) in [6, 6.07) is 13.7. The van der Waals surface area contributed by atoms with Crippen LogP contribution in [0.3, 0.4) is 0 Å². The van der Waals surface area contributed by atoms with Crippen molar-refractivity contribution in [3.8, 4) is 0 Å². The smallest absolute Gasteiger partial charge is 0.279 e. The molecular weight excluding hydrogens is 284 g/mol. The summed E-state index contributed by atoms with van der Waals surface area (Å²) in [7, 11) is 0. The second-order valence-electron chi connectivity index (χ2n) is 5.10. The number of para-hydroxylation sites is 1. The quantitative estimate of drug-likeness (QED) is 0.876. The van der Waals surface area contributed by atoms with Gasteiger partial charge < -0.3 is 10.6 Å². The molecule has 0 aliphatic rings. The van der Waals surface area contributed by atoms with Crippen molar-refractivity contribution in [2.24, 2.45) is 0 Å². The molecule has 0 aromatic heterocycles. The van der Waals surface area contributed by atoms with E-state index >= 15 is 0 Å². The Kier molecular flexibility index (Phi) is 5.37. The molecule has 0 aliphatic carbocycles. The molecule has 0 saturated carbocycles. The normalized spacial score (nSPS) is 10.4. The summed E-state index contributed by atoms with van der Waals surface area (Å²) < 4.78 is 0. The third kappa shape index (κ3) is 4.31. The Hall–Kier alpha value is -1.84. The number of quaternary nitrogens is 1. The van der Waals surface area contributed by atoms with Crippen molar-refractivity contribution in [2.45, 2.75) is 20.4 Å². The van der Waals surface area contributed by atoms with Gasteiger partial charge >= 0.3 is 0 Å². The maximum absolute atomic E-state index is 12.0. The van der Waals surface area contributed by atoms with E-state index in [2.05, 4.69) is 5.32 Å². The van der Waals surface area contributed by atoms with Crippen LogP contribution in [0, 0.1) is 13.8 Å². The molecule has 0 atom stereocenters. The molecule has 2 aromatic rings. The lowest BCUT2D eigenvalue weighted by atomic mass is 10.1. The number of carbonyl (C=O) groups is 1. The number of carbonyl (C=O) groups excluding carboxylic acids is 1. The summed E-state index contributed by atoms with van der Waals surface area (Å²) >= 11 is 6.09. The zero-order chi connectivity index (χ0) is 15.2. The van der Waals surface area contributed by atoms with Crippen LogP contribution in [0.15, 0.2) is 42.5 Å². The fraction of sp³-hybridized carbons (Fsp3) is 0.235. The Morgan fingerprint density at radius 3 is 2.43 bits per heavy atom. The monoisotopic (exact) mass is 303 g/mol. The number of hydrogen-bond donors (Lipinski definition) is 2. The number of benzene rings is 2. The van der Waals surface area contributed by atoms with Crippen molar-refractivity contribution < 1.29 is 10.1 Å². The molecule has 21 heavy (non-hydrogen) atoms. The Balaban J connectivity index is 1.87. The number of amides is 1. The average Bonchev–Trinajstić information content (AvgIpc) is 2.45. The molecule has 4 heteroatoms. The van der Waals surface area contributed by atoms with Gasteiger partial charge in [0.1, 0.15) is 6.54 Å². The van der Waals surface area contributed by atoms with E-state index in [1.54, 1.807) is 0 Å². The SMILES string of the molecule is Cc1cccc(C)c1NC(=O)C[NH2+]Cc1ccccc1Cl. The van der Waals surface area contributed by atoms with E-state index < -0.39 is 0 Å². The number of rotatable bonds is 5. The number of halogens is 1. The molecule has 110 valence electrons. The van der Waals surface area contributed by atoms with E-state index in [0.717, 1.165) is 27.4 Å². The topological polar surface area (TPSA) is 45.7 Å². The Morgan fingerprint density at radius 1 is 1.10 bits per heavy atom. The van der Waals surface area contributed by atoms with Crippen molar-refractivity contribution in [3.05, 3.63) is 64.2 Å². The van der Waals surface area contributed by atoms with Crippen LogP contribution < -0.4 is 10.6 Å². The molecule has 1 amide bonds. The van der Waals surface area contributed by atoms with Crippen LogP contribution >= 0.6 is 11.6 Å². The van der Waals surface area contributed by atoms with Gasteiger partial charge in [-0.25, -0.2) is 0 Å². The fourth-order valence-electron chi connectivity index (χ4n) is 2.22. The second-order valence-corrected chi connectivity index (χ2v) is 5.51. The summed E-state index contributed by atoms with van der Waals surface area (Å²) in [5.74, 6) is -0.000506. The fourth-order valence-corrected chi connectivity index (χ4v) is 2.44. The van der Waals surface area contributed by atoms with Gasteiger partial charge in [-0.15, -0.1) is 0 Å². The van der Waals surface area contributed by atoms with Gasteiger partial charge in [0.2, 0.25) is 0 Å². The minimum atomic E-state index is -0.000506. The summed E-state index contributed by atoms with van der Waals surface area (Å²) in [5, 5.41) is 5.66. The third-order valence-electron chi connectivity index (χ3n) is 3.40. The Bertz CT molecular complexity index is 620. The number of aryl methyl sites for hydroxylation is 2. The molecule has 0 saturated heterocycles. The van der Waals surface area contributed by atoms with Crippen LogP contribution in [0.2, 0.25) is 5.02 Å². The lowest BCUT2D eigenvalue weighted by molar-refractivity contribution is -0.659. The van der Waals surface area contributed by atoms with Crippen LogP contribution in [0.1, 0.15) is 16.7 Å². The van der Waals surface area contributed by atoms with E-state index in [-0.39, 0.29) is 5.91 Å². The first-order valence-electron chi connectivity index (χ1n) is 6.99. The number of hydrogen-bond acceptors (Lipinski definition) is 1. The van der Waals surface area contributed by atoms with Gasteiger partial charge in [0.25, 0.3) is 5.91 Å². The molecule has 2 rings (SSSR count). The maximum Gasteiger partial charge on any atom is 0.279 e. The molecule has 2 aromatic carbocycles.